The molecule has 0 aromatic heterocycles. The number of nitro groups is 1. The molecule has 0 aliphatic heterocycles. The summed E-state index contributed by atoms with van der Waals surface area (Å²) in [6.45, 7) is 1.28. The Hall–Kier alpha value is -3.42. The number of rotatable bonds is 5. The molecule has 0 fully saturated rings. The molecule has 0 spiro atoms. The van der Waals surface area contributed by atoms with Gasteiger partial charge in [0, 0.05) is 18.6 Å². The molecule has 0 atom stereocenters. The van der Waals surface area contributed by atoms with Crippen LogP contribution in [0.4, 0.5) is 11.4 Å². The fourth-order valence-electron chi connectivity index (χ4n) is 1.93. The first-order valence-electron chi connectivity index (χ1n) is 6.83. The molecule has 0 bridgehead atoms. The first kappa shape index (κ1) is 16.9. The van der Waals surface area contributed by atoms with E-state index in [1.807, 2.05) is 0 Å². The Balaban J connectivity index is 2.17. The molecule has 1 amide bonds. The summed E-state index contributed by atoms with van der Waals surface area (Å²) in [6.07, 6.45) is 0. The van der Waals surface area contributed by atoms with Gasteiger partial charge < -0.3 is 14.8 Å². The van der Waals surface area contributed by atoms with E-state index in [0.29, 0.717) is 17.0 Å². The topological polar surface area (TPSA) is 108 Å². The second kappa shape index (κ2) is 7.23. The maximum absolute atomic E-state index is 12.2. The Morgan fingerprint density at radius 1 is 1.12 bits per heavy atom. The van der Waals surface area contributed by atoms with Crippen molar-refractivity contribution in [3.8, 4) is 11.5 Å². The normalized spacial score (nSPS) is 9.92. The highest BCUT2D eigenvalue weighted by Gasteiger charge is 2.14. The van der Waals surface area contributed by atoms with Crippen molar-refractivity contribution in [3.05, 3.63) is 58.1 Å². The van der Waals surface area contributed by atoms with Crippen molar-refractivity contribution >= 4 is 23.3 Å². The SMILES string of the molecule is COc1cc([N+](=O)[O-])ccc1NC(=O)c1ccc(OC(C)=O)cc1. The predicted octanol–water partition coefficient (Wildman–Crippen LogP) is 2.78. The average Bonchev–Trinajstić information content (AvgIpc) is 2.55. The van der Waals surface area contributed by atoms with Crippen LogP contribution in [0.3, 0.4) is 0 Å². The first-order valence-corrected chi connectivity index (χ1v) is 6.83. The van der Waals surface area contributed by atoms with E-state index in [4.69, 9.17) is 9.47 Å². The van der Waals surface area contributed by atoms with Gasteiger partial charge in [-0.25, -0.2) is 0 Å². The molecule has 8 nitrogen and oxygen atoms in total. The van der Waals surface area contributed by atoms with Gasteiger partial charge in [-0.15, -0.1) is 0 Å². The van der Waals surface area contributed by atoms with Gasteiger partial charge in [-0.2, -0.15) is 0 Å². The number of nitro benzene ring substituents is 1. The van der Waals surface area contributed by atoms with Gasteiger partial charge in [0.2, 0.25) is 0 Å². The van der Waals surface area contributed by atoms with E-state index in [1.54, 1.807) is 0 Å². The highest BCUT2D eigenvalue weighted by Crippen LogP contribution is 2.29. The molecule has 2 aromatic carbocycles. The molecular weight excluding hydrogens is 316 g/mol. The summed E-state index contributed by atoms with van der Waals surface area (Å²) < 4.78 is 9.94. The molecule has 0 unspecified atom stereocenters. The number of methoxy groups -OCH3 is 1. The first-order chi connectivity index (χ1) is 11.4. The Bertz CT molecular complexity index is 786. The molecule has 8 heteroatoms. The van der Waals surface area contributed by atoms with Gasteiger partial charge in [0.1, 0.15) is 11.5 Å². The van der Waals surface area contributed by atoms with Gasteiger partial charge in [0.25, 0.3) is 11.6 Å². The molecule has 24 heavy (non-hydrogen) atoms. The van der Waals surface area contributed by atoms with Crippen LogP contribution >= 0.6 is 0 Å². The number of carbonyl (C=O) groups is 2. The van der Waals surface area contributed by atoms with Crippen molar-refractivity contribution in [3.63, 3.8) is 0 Å². The minimum atomic E-state index is -0.554. The van der Waals surface area contributed by atoms with Crippen molar-refractivity contribution in [1.29, 1.82) is 0 Å². The molecular formula is C16H14N2O6. The van der Waals surface area contributed by atoms with E-state index in [-0.39, 0.29) is 11.4 Å². The van der Waals surface area contributed by atoms with Crippen LogP contribution in [0, 0.1) is 10.1 Å². The lowest BCUT2D eigenvalue weighted by atomic mass is 10.2. The lowest BCUT2D eigenvalue weighted by molar-refractivity contribution is -0.384. The molecule has 2 rings (SSSR count). The smallest absolute Gasteiger partial charge is 0.308 e. The monoisotopic (exact) mass is 330 g/mol. The van der Waals surface area contributed by atoms with Crippen LogP contribution in [-0.4, -0.2) is 23.9 Å². The number of nitrogens with zero attached hydrogens (tertiary/aromatic N) is 1. The number of hydrogen-bond acceptors (Lipinski definition) is 6. The Kier molecular flexibility index (Phi) is 5.10. The third-order valence-corrected chi connectivity index (χ3v) is 3.02. The highest BCUT2D eigenvalue weighted by molar-refractivity contribution is 6.05. The number of anilines is 1. The van der Waals surface area contributed by atoms with Crippen LogP contribution in [0.25, 0.3) is 0 Å². The minimum absolute atomic E-state index is 0.143. The number of amides is 1. The third kappa shape index (κ3) is 4.07. The molecule has 0 aliphatic carbocycles. The van der Waals surface area contributed by atoms with Crippen molar-refractivity contribution in [2.24, 2.45) is 0 Å². The van der Waals surface area contributed by atoms with Gasteiger partial charge in [0.05, 0.1) is 23.8 Å². The molecule has 1 N–H and O–H groups in total. The van der Waals surface area contributed by atoms with Crippen LogP contribution in [0.5, 0.6) is 11.5 Å². The minimum Gasteiger partial charge on any atom is -0.494 e. The number of benzene rings is 2. The molecule has 0 aliphatic rings. The van der Waals surface area contributed by atoms with Crippen LogP contribution < -0.4 is 14.8 Å². The Labute approximate surface area is 137 Å². The lowest BCUT2D eigenvalue weighted by Crippen LogP contribution is -2.12. The van der Waals surface area contributed by atoms with E-state index in [2.05, 4.69) is 5.32 Å². The van der Waals surface area contributed by atoms with Gasteiger partial charge in [0.15, 0.2) is 0 Å². The quantitative estimate of drug-likeness (QED) is 0.391. The summed E-state index contributed by atoms with van der Waals surface area (Å²) in [4.78, 5) is 33.3. The maximum atomic E-state index is 12.2. The van der Waals surface area contributed by atoms with Gasteiger partial charge in [-0.1, -0.05) is 0 Å². The zero-order chi connectivity index (χ0) is 17.7. The van der Waals surface area contributed by atoms with Crippen LogP contribution in [0.15, 0.2) is 42.5 Å². The number of carbonyl (C=O) groups excluding carboxylic acids is 2. The van der Waals surface area contributed by atoms with Crippen molar-refractivity contribution in [2.45, 2.75) is 6.92 Å². The van der Waals surface area contributed by atoms with Crippen molar-refractivity contribution < 1.29 is 24.0 Å². The molecule has 0 saturated heterocycles. The van der Waals surface area contributed by atoms with Crippen molar-refractivity contribution in [1.82, 2.24) is 0 Å². The standard InChI is InChI=1S/C16H14N2O6/c1-10(19)24-13-6-3-11(4-7-13)16(20)17-14-8-5-12(18(21)22)9-15(14)23-2/h3-9H,1-2H3,(H,17,20). The lowest BCUT2D eigenvalue weighted by Gasteiger charge is -2.10. The average molecular weight is 330 g/mol. The molecule has 124 valence electrons. The molecule has 0 radical (unpaired) electrons. The van der Waals surface area contributed by atoms with Crippen LogP contribution in [0.2, 0.25) is 0 Å². The van der Waals surface area contributed by atoms with Crippen LogP contribution in [-0.2, 0) is 4.79 Å². The summed E-state index contributed by atoms with van der Waals surface area (Å²) >= 11 is 0. The zero-order valence-electron chi connectivity index (χ0n) is 12.9. The number of ether oxygens (including phenoxy) is 2. The van der Waals surface area contributed by atoms with E-state index >= 15 is 0 Å². The van der Waals surface area contributed by atoms with Gasteiger partial charge in [-0.05, 0) is 30.3 Å². The van der Waals surface area contributed by atoms with Gasteiger partial charge >= 0.3 is 5.97 Å². The second-order valence-electron chi connectivity index (χ2n) is 4.71. The summed E-state index contributed by atoms with van der Waals surface area (Å²) in [5.74, 6) is -0.389. The van der Waals surface area contributed by atoms with Crippen molar-refractivity contribution in [2.75, 3.05) is 12.4 Å². The van der Waals surface area contributed by atoms with Crippen LogP contribution in [0.1, 0.15) is 17.3 Å². The van der Waals surface area contributed by atoms with E-state index in [9.17, 15) is 19.7 Å². The summed E-state index contributed by atoms with van der Waals surface area (Å²) in [7, 11) is 1.35. The fraction of sp³-hybridized carbons (Fsp3) is 0.125. The van der Waals surface area contributed by atoms with E-state index in [0.717, 1.165) is 0 Å². The van der Waals surface area contributed by atoms with E-state index in [1.165, 1.54) is 56.5 Å². The number of hydrogen-bond donors (Lipinski definition) is 1. The molecule has 0 saturated carbocycles. The second-order valence-corrected chi connectivity index (χ2v) is 4.71. The third-order valence-electron chi connectivity index (χ3n) is 3.02. The number of esters is 1. The maximum Gasteiger partial charge on any atom is 0.308 e. The number of non-ortho nitro benzene ring substituents is 1. The van der Waals surface area contributed by atoms with E-state index < -0.39 is 16.8 Å². The highest BCUT2D eigenvalue weighted by atomic mass is 16.6. The largest absolute Gasteiger partial charge is 0.494 e. The number of nitrogens with one attached hydrogen (secondary N) is 1. The molecule has 2 aromatic rings. The summed E-state index contributed by atoms with van der Waals surface area (Å²) in [5.41, 5.74) is 0.485. The zero-order valence-corrected chi connectivity index (χ0v) is 12.9. The molecule has 0 heterocycles. The Morgan fingerprint density at radius 3 is 2.33 bits per heavy atom. The summed E-state index contributed by atoms with van der Waals surface area (Å²) in [5, 5.41) is 13.4. The fourth-order valence-corrected chi connectivity index (χ4v) is 1.93. The summed E-state index contributed by atoms with van der Waals surface area (Å²) in [6, 6.07) is 9.84. The predicted molar refractivity (Wildman–Crippen MR) is 85.4 cm³/mol. The Morgan fingerprint density at radius 2 is 1.79 bits per heavy atom. The van der Waals surface area contributed by atoms with Gasteiger partial charge in [-0.3, -0.25) is 19.7 Å².